The maximum Gasteiger partial charge on any atom is 0.223 e. The summed E-state index contributed by atoms with van der Waals surface area (Å²) in [6.45, 7) is 4.82. The molecule has 0 saturated carbocycles. The van der Waals surface area contributed by atoms with Crippen molar-refractivity contribution in [3.63, 3.8) is 0 Å². The second-order valence-electron chi connectivity index (χ2n) is 5.30. The van der Waals surface area contributed by atoms with Crippen LogP contribution in [0, 0.1) is 0 Å². The molecule has 1 atom stereocenters. The highest BCUT2D eigenvalue weighted by molar-refractivity contribution is 9.10. The molecule has 0 aliphatic carbocycles. The van der Waals surface area contributed by atoms with Crippen molar-refractivity contribution in [2.24, 2.45) is 0 Å². The molecule has 1 aliphatic rings. The standard InChI is InChI=1S/C16H23BrN2O/c1-2-15(13-5-7-14(17)8-6-13)18-10-9-16(20)19-11-3-4-12-19/h5-8,15,18H,2-4,9-12H2,1H3. The van der Waals surface area contributed by atoms with Gasteiger partial charge < -0.3 is 10.2 Å². The Bertz CT molecular complexity index is 427. The number of rotatable bonds is 6. The summed E-state index contributed by atoms with van der Waals surface area (Å²) in [4.78, 5) is 14.0. The van der Waals surface area contributed by atoms with E-state index in [0.29, 0.717) is 18.4 Å². The third kappa shape index (κ3) is 4.32. The Morgan fingerprint density at radius 3 is 2.55 bits per heavy atom. The Labute approximate surface area is 129 Å². The highest BCUT2D eigenvalue weighted by Gasteiger charge is 2.17. The number of carbonyl (C=O) groups is 1. The summed E-state index contributed by atoms with van der Waals surface area (Å²) < 4.78 is 1.10. The van der Waals surface area contributed by atoms with Gasteiger partial charge in [0.05, 0.1) is 0 Å². The van der Waals surface area contributed by atoms with Gasteiger partial charge >= 0.3 is 0 Å². The zero-order chi connectivity index (χ0) is 14.4. The fourth-order valence-corrected chi connectivity index (χ4v) is 2.94. The van der Waals surface area contributed by atoms with Gasteiger partial charge in [-0.3, -0.25) is 4.79 Å². The molecule has 3 nitrogen and oxygen atoms in total. The van der Waals surface area contributed by atoms with Crippen LogP contribution in [0.5, 0.6) is 0 Å². The van der Waals surface area contributed by atoms with Crippen LogP contribution < -0.4 is 5.32 Å². The molecule has 1 aromatic rings. The minimum Gasteiger partial charge on any atom is -0.343 e. The Balaban J connectivity index is 1.78. The number of amides is 1. The number of hydrogen-bond donors (Lipinski definition) is 1. The van der Waals surface area contributed by atoms with E-state index in [1.165, 1.54) is 5.56 Å². The summed E-state index contributed by atoms with van der Waals surface area (Å²) in [5.74, 6) is 0.292. The van der Waals surface area contributed by atoms with Crippen LogP contribution in [-0.4, -0.2) is 30.4 Å². The fourth-order valence-electron chi connectivity index (χ4n) is 2.67. The molecule has 110 valence electrons. The molecule has 1 fully saturated rings. The molecule has 1 N–H and O–H groups in total. The van der Waals surface area contributed by atoms with Crippen molar-refractivity contribution in [2.75, 3.05) is 19.6 Å². The van der Waals surface area contributed by atoms with Gasteiger partial charge in [0.1, 0.15) is 0 Å². The van der Waals surface area contributed by atoms with Crippen molar-refractivity contribution < 1.29 is 4.79 Å². The molecular weight excluding hydrogens is 316 g/mol. The molecule has 0 spiro atoms. The fraction of sp³-hybridized carbons (Fsp3) is 0.562. The molecule has 2 rings (SSSR count). The first-order valence-electron chi connectivity index (χ1n) is 7.47. The number of nitrogens with zero attached hydrogens (tertiary/aromatic N) is 1. The average molecular weight is 339 g/mol. The number of halogens is 1. The number of likely N-dealkylation sites (tertiary alicyclic amines) is 1. The third-order valence-electron chi connectivity index (χ3n) is 3.87. The number of hydrogen-bond acceptors (Lipinski definition) is 2. The normalized spacial score (nSPS) is 16.4. The van der Waals surface area contributed by atoms with Crippen LogP contribution in [0.2, 0.25) is 0 Å². The zero-order valence-corrected chi connectivity index (χ0v) is 13.7. The van der Waals surface area contributed by atoms with Crippen molar-refractivity contribution in [2.45, 2.75) is 38.6 Å². The van der Waals surface area contributed by atoms with Gasteiger partial charge in [-0.2, -0.15) is 0 Å². The number of nitrogens with one attached hydrogen (secondary N) is 1. The van der Waals surface area contributed by atoms with Gasteiger partial charge in [0.25, 0.3) is 0 Å². The van der Waals surface area contributed by atoms with E-state index in [9.17, 15) is 4.79 Å². The lowest BCUT2D eigenvalue weighted by Gasteiger charge is -2.19. The number of carbonyl (C=O) groups excluding carboxylic acids is 1. The summed E-state index contributed by atoms with van der Waals surface area (Å²) in [7, 11) is 0. The highest BCUT2D eigenvalue weighted by Crippen LogP contribution is 2.19. The van der Waals surface area contributed by atoms with Gasteiger partial charge in [0.2, 0.25) is 5.91 Å². The van der Waals surface area contributed by atoms with E-state index in [2.05, 4.69) is 52.4 Å². The smallest absolute Gasteiger partial charge is 0.223 e. The molecule has 1 unspecified atom stereocenters. The first-order valence-corrected chi connectivity index (χ1v) is 8.26. The van der Waals surface area contributed by atoms with Gasteiger partial charge in [0.15, 0.2) is 0 Å². The summed E-state index contributed by atoms with van der Waals surface area (Å²) >= 11 is 3.46. The van der Waals surface area contributed by atoms with E-state index in [-0.39, 0.29) is 0 Å². The largest absolute Gasteiger partial charge is 0.343 e. The topological polar surface area (TPSA) is 32.3 Å². The lowest BCUT2D eigenvalue weighted by atomic mass is 10.0. The number of benzene rings is 1. The molecule has 4 heteroatoms. The van der Waals surface area contributed by atoms with Crippen LogP contribution in [-0.2, 0) is 4.79 Å². The Morgan fingerprint density at radius 2 is 1.95 bits per heavy atom. The maximum absolute atomic E-state index is 12.0. The van der Waals surface area contributed by atoms with E-state index >= 15 is 0 Å². The Kier molecular flexibility index (Phi) is 6.05. The van der Waals surface area contributed by atoms with Crippen LogP contribution in [0.15, 0.2) is 28.7 Å². The third-order valence-corrected chi connectivity index (χ3v) is 4.40. The maximum atomic E-state index is 12.0. The van der Waals surface area contributed by atoms with Crippen LogP contribution >= 0.6 is 15.9 Å². The van der Waals surface area contributed by atoms with Gasteiger partial charge in [-0.25, -0.2) is 0 Å². The van der Waals surface area contributed by atoms with Crippen molar-refractivity contribution in [3.05, 3.63) is 34.3 Å². The van der Waals surface area contributed by atoms with Gasteiger partial charge in [0, 0.05) is 36.6 Å². The molecule has 1 amide bonds. The van der Waals surface area contributed by atoms with Gasteiger partial charge in [-0.05, 0) is 37.0 Å². The van der Waals surface area contributed by atoms with Crippen molar-refractivity contribution in [3.8, 4) is 0 Å². The van der Waals surface area contributed by atoms with E-state index in [4.69, 9.17) is 0 Å². The highest BCUT2D eigenvalue weighted by atomic mass is 79.9. The second-order valence-corrected chi connectivity index (χ2v) is 6.22. The molecule has 0 radical (unpaired) electrons. The average Bonchev–Trinajstić information content (AvgIpc) is 2.99. The summed E-state index contributed by atoms with van der Waals surface area (Å²) in [5, 5.41) is 3.50. The van der Waals surface area contributed by atoms with Gasteiger partial charge in [-0.15, -0.1) is 0 Å². The minimum absolute atomic E-state index is 0.292. The lowest BCUT2D eigenvalue weighted by molar-refractivity contribution is -0.130. The van der Waals surface area contributed by atoms with Crippen molar-refractivity contribution in [1.82, 2.24) is 10.2 Å². The van der Waals surface area contributed by atoms with Crippen LogP contribution in [0.4, 0.5) is 0 Å². The first-order chi connectivity index (χ1) is 9.70. The summed E-state index contributed by atoms with van der Waals surface area (Å²) in [6, 6.07) is 8.72. The summed E-state index contributed by atoms with van der Waals surface area (Å²) in [5.41, 5.74) is 1.28. The molecule has 1 aliphatic heterocycles. The van der Waals surface area contributed by atoms with Crippen LogP contribution in [0.1, 0.15) is 44.2 Å². The van der Waals surface area contributed by atoms with Gasteiger partial charge in [-0.1, -0.05) is 35.0 Å². The molecule has 0 aromatic heterocycles. The van der Waals surface area contributed by atoms with E-state index in [1.54, 1.807) is 0 Å². The van der Waals surface area contributed by atoms with Crippen molar-refractivity contribution in [1.29, 1.82) is 0 Å². The molecule has 1 saturated heterocycles. The zero-order valence-electron chi connectivity index (χ0n) is 12.1. The molecular formula is C16H23BrN2O. The van der Waals surface area contributed by atoms with Crippen molar-refractivity contribution >= 4 is 21.8 Å². The SMILES string of the molecule is CCC(NCCC(=O)N1CCCC1)c1ccc(Br)cc1. The van der Waals surface area contributed by atoms with Crippen LogP contribution in [0.3, 0.4) is 0 Å². The summed E-state index contributed by atoms with van der Waals surface area (Å²) in [6.07, 6.45) is 3.96. The van der Waals surface area contributed by atoms with Crippen LogP contribution in [0.25, 0.3) is 0 Å². The molecule has 1 aromatic carbocycles. The second kappa shape index (κ2) is 7.79. The predicted octanol–water partition coefficient (Wildman–Crippen LogP) is 3.50. The molecule has 0 bridgehead atoms. The lowest BCUT2D eigenvalue weighted by Crippen LogP contribution is -2.31. The van der Waals surface area contributed by atoms with E-state index < -0.39 is 0 Å². The predicted molar refractivity (Wildman–Crippen MR) is 85.6 cm³/mol. The Hall–Kier alpha value is -0.870. The Morgan fingerprint density at radius 1 is 1.30 bits per heavy atom. The van der Waals surface area contributed by atoms with E-state index in [1.807, 2.05) is 4.90 Å². The van der Waals surface area contributed by atoms with E-state index in [0.717, 1.165) is 43.4 Å². The quantitative estimate of drug-likeness (QED) is 0.860. The minimum atomic E-state index is 0.292. The first kappa shape index (κ1) is 15.5. The molecule has 1 heterocycles. The monoisotopic (exact) mass is 338 g/mol. The molecule has 20 heavy (non-hydrogen) atoms.